The summed E-state index contributed by atoms with van der Waals surface area (Å²) in [7, 11) is 0. The van der Waals surface area contributed by atoms with E-state index in [1.807, 2.05) is 0 Å². The van der Waals surface area contributed by atoms with E-state index in [0.29, 0.717) is 6.42 Å². The van der Waals surface area contributed by atoms with Crippen molar-refractivity contribution in [2.75, 3.05) is 0 Å². The Bertz CT molecular complexity index is 142. The Hall–Kier alpha value is -0.850. The summed E-state index contributed by atoms with van der Waals surface area (Å²) >= 11 is 0. The molecular formula is C6H6O. The van der Waals surface area contributed by atoms with Gasteiger partial charge >= 0.3 is 0 Å². The Balaban J connectivity index is 2.60. The molecule has 1 heteroatoms. The van der Waals surface area contributed by atoms with Gasteiger partial charge in [-0.2, -0.15) is 0 Å². The van der Waals surface area contributed by atoms with Crippen molar-refractivity contribution >= 4 is 5.78 Å². The summed E-state index contributed by atoms with van der Waals surface area (Å²) in [6, 6.07) is 0. The van der Waals surface area contributed by atoms with E-state index in [1.54, 1.807) is 12.2 Å². The van der Waals surface area contributed by atoms with E-state index in [0.717, 1.165) is 5.57 Å². The number of ketones is 1. The van der Waals surface area contributed by atoms with Gasteiger partial charge in [-0.15, -0.1) is 0 Å². The zero-order valence-corrected chi connectivity index (χ0v) is 3.98. The molecule has 0 aromatic carbocycles. The zero-order valence-electron chi connectivity index (χ0n) is 3.98. The van der Waals surface area contributed by atoms with E-state index in [-0.39, 0.29) is 5.78 Å². The lowest BCUT2D eigenvalue weighted by Gasteiger charge is -1.57. The average Bonchev–Trinajstić information content (AvgIpc) is 2.22. The van der Waals surface area contributed by atoms with E-state index in [2.05, 4.69) is 6.58 Å². The lowest BCUT2D eigenvalue weighted by molar-refractivity contribution is -0.108. The second-order valence-corrected chi connectivity index (χ2v) is 1.53. The molecule has 0 radical (unpaired) electrons. The van der Waals surface area contributed by atoms with Crippen molar-refractivity contribution < 1.29 is 4.79 Å². The first-order chi connectivity index (χ1) is 3.34. The number of rotatable bonds is 1. The van der Waals surface area contributed by atoms with Crippen LogP contribution >= 0.6 is 0 Å². The van der Waals surface area contributed by atoms with Crippen LogP contribution in [0.2, 0.25) is 0 Å². The first-order valence-electron chi connectivity index (χ1n) is 2.19. The highest BCUT2D eigenvalue weighted by Gasteiger charge is 2.23. The van der Waals surface area contributed by atoms with Crippen molar-refractivity contribution in [1.82, 2.24) is 0 Å². The van der Waals surface area contributed by atoms with Gasteiger partial charge in [0.15, 0.2) is 5.78 Å². The Morgan fingerprint density at radius 3 is 2.43 bits per heavy atom. The molecule has 1 rings (SSSR count). The minimum Gasteiger partial charge on any atom is -0.294 e. The van der Waals surface area contributed by atoms with Crippen molar-refractivity contribution in [3.05, 3.63) is 24.3 Å². The van der Waals surface area contributed by atoms with Crippen LogP contribution in [-0.2, 0) is 4.79 Å². The third-order valence-corrected chi connectivity index (χ3v) is 0.903. The fraction of sp³-hybridized carbons (Fsp3) is 0.167. The average molecular weight is 94.1 g/mol. The SMILES string of the molecule is C=CC=C1CC1=O. The van der Waals surface area contributed by atoms with Crippen LogP contribution in [0.3, 0.4) is 0 Å². The summed E-state index contributed by atoms with van der Waals surface area (Å²) in [6.07, 6.45) is 4.05. The van der Waals surface area contributed by atoms with Crippen LogP contribution in [0.4, 0.5) is 0 Å². The number of hydrogen-bond acceptors (Lipinski definition) is 1. The van der Waals surface area contributed by atoms with Crippen LogP contribution in [-0.4, -0.2) is 5.78 Å². The van der Waals surface area contributed by atoms with Crippen molar-refractivity contribution in [2.45, 2.75) is 6.42 Å². The van der Waals surface area contributed by atoms with Gasteiger partial charge in [0.05, 0.1) is 0 Å². The fourth-order valence-electron chi connectivity index (χ4n) is 0.423. The molecule has 0 amide bonds. The highest BCUT2D eigenvalue weighted by Crippen LogP contribution is 2.21. The van der Waals surface area contributed by atoms with Gasteiger partial charge < -0.3 is 0 Å². The molecule has 1 saturated carbocycles. The topological polar surface area (TPSA) is 17.1 Å². The van der Waals surface area contributed by atoms with Gasteiger partial charge in [-0.25, -0.2) is 0 Å². The minimum atomic E-state index is 0.264. The second kappa shape index (κ2) is 1.34. The summed E-state index contributed by atoms with van der Waals surface area (Å²) in [5.74, 6) is 0.264. The summed E-state index contributed by atoms with van der Waals surface area (Å²) < 4.78 is 0. The van der Waals surface area contributed by atoms with Gasteiger partial charge in [-0.3, -0.25) is 4.79 Å². The van der Waals surface area contributed by atoms with Crippen LogP contribution in [0.15, 0.2) is 24.3 Å². The van der Waals surface area contributed by atoms with Crippen LogP contribution in [0.1, 0.15) is 6.42 Å². The maximum atomic E-state index is 10.2. The smallest absolute Gasteiger partial charge is 0.163 e. The molecule has 0 aromatic rings. The Morgan fingerprint density at radius 2 is 2.29 bits per heavy atom. The molecule has 1 nitrogen and oxygen atoms in total. The van der Waals surface area contributed by atoms with E-state index in [9.17, 15) is 4.79 Å². The van der Waals surface area contributed by atoms with Crippen LogP contribution < -0.4 is 0 Å². The van der Waals surface area contributed by atoms with E-state index in [4.69, 9.17) is 0 Å². The number of carbonyl (C=O) groups is 1. The quantitative estimate of drug-likeness (QED) is 0.444. The highest BCUT2D eigenvalue weighted by molar-refractivity contribution is 6.13. The third-order valence-electron chi connectivity index (χ3n) is 0.903. The zero-order chi connectivity index (χ0) is 5.28. The lowest BCUT2D eigenvalue weighted by atomic mass is 10.5. The molecule has 0 saturated heterocycles. The summed E-state index contributed by atoms with van der Waals surface area (Å²) in [4.78, 5) is 10.2. The van der Waals surface area contributed by atoms with Crippen LogP contribution in [0.25, 0.3) is 0 Å². The third kappa shape index (κ3) is 0.769. The molecule has 0 heterocycles. The van der Waals surface area contributed by atoms with E-state index in [1.165, 1.54) is 0 Å². The largest absolute Gasteiger partial charge is 0.294 e. The molecule has 0 aliphatic heterocycles. The number of hydrogen-bond donors (Lipinski definition) is 0. The van der Waals surface area contributed by atoms with Crippen molar-refractivity contribution in [3.63, 3.8) is 0 Å². The van der Waals surface area contributed by atoms with Gasteiger partial charge in [0.25, 0.3) is 0 Å². The molecule has 0 unspecified atom stereocenters. The molecule has 1 fully saturated rings. The van der Waals surface area contributed by atoms with Crippen molar-refractivity contribution in [3.8, 4) is 0 Å². The van der Waals surface area contributed by atoms with Gasteiger partial charge in [-0.05, 0) is 0 Å². The normalized spacial score (nSPS) is 22.9. The number of Topliss-reactive ketones (excluding diaryl/α,β-unsaturated/α-hetero) is 1. The van der Waals surface area contributed by atoms with Gasteiger partial charge in [0, 0.05) is 12.0 Å². The fourth-order valence-corrected chi connectivity index (χ4v) is 0.423. The standard InChI is InChI=1S/C6H6O/c1-2-3-5-4-6(5)7/h2-3H,1,4H2. The first-order valence-corrected chi connectivity index (χ1v) is 2.19. The molecule has 0 aromatic heterocycles. The molecule has 36 valence electrons. The molecule has 0 atom stereocenters. The molecule has 0 N–H and O–H groups in total. The van der Waals surface area contributed by atoms with Crippen molar-refractivity contribution in [2.24, 2.45) is 0 Å². The molecule has 0 bridgehead atoms. The predicted molar refractivity (Wildman–Crippen MR) is 27.9 cm³/mol. The lowest BCUT2D eigenvalue weighted by Crippen LogP contribution is -1.53. The molecule has 1 aliphatic rings. The summed E-state index contributed by atoms with van der Waals surface area (Å²) in [5, 5.41) is 0. The second-order valence-electron chi connectivity index (χ2n) is 1.53. The molecule has 7 heavy (non-hydrogen) atoms. The maximum Gasteiger partial charge on any atom is 0.163 e. The Labute approximate surface area is 42.3 Å². The van der Waals surface area contributed by atoms with E-state index >= 15 is 0 Å². The maximum absolute atomic E-state index is 10.2. The van der Waals surface area contributed by atoms with Crippen LogP contribution in [0.5, 0.6) is 0 Å². The minimum absolute atomic E-state index is 0.264. The Morgan fingerprint density at radius 1 is 1.71 bits per heavy atom. The summed E-state index contributed by atoms with van der Waals surface area (Å²) in [5.41, 5.74) is 0.912. The number of allylic oxidation sites excluding steroid dienone is 3. The predicted octanol–water partition coefficient (Wildman–Crippen LogP) is 1.07. The number of carbonyl (C=O) groups excluding carboxylic acids is 1. The molecular weight excluding hydrogens is 88.1 g/mol. The van der Waals surface area contributed by atoms with Gasteiger partial charge in [-0.1, -0.05) is 18.7 Å². The summed E-state index contributed by atoms with van der Waals surface area (Å²) in [6.45, 7) is 3.45. The van der Waals surface area contributed by atoms with E-state index < -0.39 is 0 Å². The van der Waals surface area contributed by atoms with Gasteiger partial charge in [0.2, 0.25) is 0 Å². The van der Waals surface area contributed by atoms with Gasteiger partial charge in [0.1, 0.15) is 0 Å². The Kier molecular flexibility index (Phi) is 0.823. The molecule has 1 aliphatic carbocycles. The first kappa shape index (κ1) is 4.31. The van der Waals surface area contributed by atoms with Crippen LogP contribution in [0, 0.1) is 0 Å². The van der Waals surface area contributed by atoms with Crippen molar-refractivity contribution in [1.29, 1.82) is 0 Å². The highest BCUT2D eigenvalue weighted by atomic mass is 16.1. The monoisotopic (exact) mass is 94.0 g/mol. The molecule has 0 spiro atoms.